The number of benzene rings is 2. The highest BCUT2D eigenvalue weighted by atomic mass is 32.1. The van der Waals surface area contributed by atoms with E-state index in [1.807, 2.05) is 84.4 Å². The van der Waals surface area contributed by atoms with E-state index in [0.717, 1.165) is 33.1 Å². The summed E-state index contributed by atoms with van der Waals surface area (Å²) >= 11 is 2.77. The normalized spacial score (nSPS) is 15.1. The van der Waals surface area contributed by atoms with Gasteiger partial charge in [0.2, 0.25) is 0 Å². The first kappa shape index (κ1) is 25.7. The molecular weight excluding hydrogens is 544 g/mol. The van der Waals surface area contributed by atoms with Crippen LogP contribution in [-0.4, -0.2) is 34.5 Å². The summed E-state index contributed by atoms with van der Waals surface area (Å²) < 4.78 is 14.3. The Morgan fingerprint density at radius 3 is 2.48 bits per heavy atom. The van der Waals surface area contributed by atoms with Crippen LogP contribution in [0.2, 0.25) is 0 Å². The van der Waals surface area contributed by atoms with Gasteiger partial charge in [0.1, 0.15) is 17.5 Å². The number of carbonyl (C=O) groups is 1. The lowest BCUT2D eigenvalue weighted by Crippen LogP contribution is -2.39. The van der Waals surface area contributed by atoms with Crippen molar-refractivity contribution in [3.05, 3.63) is 120 Å². The van der Waals surface area contributed by atoms with Gasteiger partial charge in [0.15, 0.2) is 4.80 Å². The summed E-state index contributed by atoms with van der Waals surface area (Å²) in [5.74, 6) is 0.242. The summed E-state index contributed by atoms with van der Waals surface area (Å²) in [4.78, 5) is 32.8. The number of thiazole rings is 1. The predicted molar refractivity (Wildman–Crippen MR) is 156 cm³/mol. The van der Waals surface area contributed by atoms with Crippen molar-refractivity contribution in [2.75, 3.05) is 14.2 Å². The molecule has 6 rings (SSSR count). The minimum absolute atomic E-state index is 0.232. The van der Waals surface area contributed by atoms with E-state index >= 15 is 0 Å². The fourth-order valence-corrected chi connectivity index (χ4v) is 6.59. The van der Waals surface area contributed by atoms with E-state index in [2.05, 4.69) is 4.99 Å². The first-order valence-electron chi connectivity index (χ1n) is 12.4. The third-order valence-corrected chi connectivity index (χ3v) is 8.56. The maximum atomic E-state index is 14.0. The van der Waals surface area contributed by atoms with Crippen molar-refractivity contribution in [3.63, 3.8) is 0 Å². The number of methoxy groups -OCH3 is 2. The van der Waals surface area contributed by atoms with Gasteiger partial charge < -0.3 is 9.47 Å². The van der Waals surface area contributed by atoms with E-state index in [1.54, 1.807) is 23.3 Å². The highest BCUT2D eigenvalue weighted by Crippen LogP contribution is 2.33. The molecule has 5 aromatic rings. The predicted octanol–water partition coefficient (Wildman–Crippen LogP) is 4.33. The second-order valence-electron chi connectivity index (χ2n) is 9.03. The summed E-state index contributed by atoms with van der Waals surface area (Å²) in [6.07, 6.45) is 3.76. The smallest absolute Gasteiger partial charge is 0.338 e. The SMILES string of the molecule is COC(=O)C1=C(C)N=c2s/c(=C/c3cn(-c4ccccc4)nc3-c3ccc(OC)cc3)c(=O)n2[C@H]1c1cccs1. The minimum atomic E-state index is -0.612. The van der Waals surface area contributed by atoms with E-state index in [4.69, 9.17) is 14.6 Å². The second kappa shape index (κ2) is 10.6. The molecule has 0 N–H and O–H groups in total. The topological polar surface area (TPSA) is 87.7 Å². The summed E-state index contributed by atoms with van der Waals surface area (Å²) in [6.45, 7) is 1.77. The molecule has 10 heteroatoms. The fraction of sp³-hybridized carbons (Fsp3) is 0.133. The van der Waals surface area contributed by atoms with Crippen molar-refractivity contribution in [1.29, 1.82) is 0 Å². The van der Waals surface area contributed by atoms with Crippen LogP contribution < -0.4 is 19.6 Å². The Labute approximate surface area is 237 Å². The average molecular weight is 569 g/mol. The van der Waals surface area contributed by atoms with Gasteiger partial charge in [0.05, 0.1) is 35.7 Å². The molecule has 3 aromatic heterocycles. The maximum absolute atomic E-state index is 14.0. The molecule has 8 nitrogen and oxygen atoms in total. The van der Waals surface area contributed by atoms with Gasteiger partial charge in [0.25, 0.3) is 5.56 Å². The molecule has 40 heavy (non-hydrogen) atoms. The molecule has 0 bridgehead atoms. The number of para-hydroxylation sites is 1. The van der Waals surface area contributed by atoms with Crippen LogP contribution in [0.4, 0.5) is 0 Å². The lowest BCUT2D eigenvalue weighted by molar-refractivity contribution is -0.136. The third-order valence-electron chi connectivity index (χ3n) is 6.65. The number of aromatic nitrogens is 3. The Bertz CT molecular complexity index is 1920. The number of ether oxygens (including phenoxy) is 2. The van der Waals surface area contributed by atoms with Crippen LogP contribution in [0.15, 0.2) is 99.4 Å². The van der Waals surface area contributed by atoms with Crippen molar-refractivity contribution >= 4 is 34.7 Å². The molecule has 0 radical (unpaired) electrons. The Morgan fingerprint density at radius 1 is 1.02 bits per heavy atom. The van der Waals surface area contributed by atoms with E-state index in [1.165, 1.54) is 29.8 Å². The van der Waals surface area contributed by atoms with Crippen LogP contribution >= 0.6 is 22.7 Å². The molecular formula is C30H24N4O4S2. The van der Waals surface area contributed by atoms with E-state index in [9.17, 15) is 9.59 Å². The molecule has 1 aliphatic heterocycles. The first-order chi connectivity index (χ1) is 19.5. The summed E-state index contributed by atoms with van der Waals surface area (Å²) in [7, 11) is 2.96. The van der Waals surface area contributed by atoms with Crippen molar-refractivity contribution in [2.24, 2.45) is 4.99 Å². The molecule has 0 unspecified atom stereocenters. The van der Waals surface area contributed by atoms with Gasteiger partial charge in [-0.05, 0) is 60.8 Å². The van der Waals surface area contributed by atoms with Crippen molar-refractivity contribution in [3.8, 4) is 22.7 Å². The number of rotatable bonds is 6. The highest BCUT2D eigenvalue weighted by Gasteiger charge is 2.33. The number of allylic oxidation sites excluding steroid dienone is 1. The third kappa shape index (κ3) is 4.51. The largest absolute Gasteiger partial charge is 0.497 e. The maximum Gasteiger partial charge on any atom is 0.338 e. The van der Waals surface area contributed by atoms with Crippen LogP contribution in [0.3, 0.4) is 0 Å². The first-order valence-corrected chi connectivity index (χ1v) is 14.1. The Balaban J connectivity index is 1.55. The lowest BCUT2D eigenvalue weighted by atomic mass is 10.0. The van der Waals surface area contributed by atoms with Gasteiger partial charge in [0, 0.05) is 22.2 Å². The second-order valence-corrected chi connectivity index (χ2v) is 11.0. The van der Waals surface area contributed by atoms with Gasteiger partial charge in [-0.15, -0.1) is 11.3 Å². The Kier molecular flexibility index (Phi) is 6.79. The molecule has 200 valence electrons. The molecule has 1 aliphatic rings. The standard InChI is InChI=1S/C30H24N4O4S2/c1-18-25(29(36)38-3)27(23-10-7-15-39-23)34-28(35)24(40-30(34)31-18)16-20-17-33(21-8-5-4-6-9-21)32-26(20)19-11-13-22(37-2)14-12-19/h4-17,27H,1-3H3/b24-16+/t27-/m0/s1. The molecule has 0 spiro atoms. The Morgan fingerprint density at radius 2 is 1.80 bits per heavy atom. The highest BCUT2D eigenvalue weighted by molar-refractivity contribution is 7.10. The molecule has 0 saturated carbocycles. The van der Waals surface area contributed by atoms with Gasteiger partial charge in [-0.1, -0.05) is 35.6 Å². The zero-order chi connectivity index (χ0) is 27.8. The molecule has 4 heterocycles. The number of nitrogens with zero attached hydrogens (tertiary/aromatic N) is 4. The zero-order valence-electron chi connectivity index (χ0n) is 21.9. The number of hydrogen-bond acceptors (Lipinski definition) is 8. The van der Waals surface area contributed by atoms with Crippen LogP contribution in [0.5, 0.6) is 5.75 Å². The summed E-state index contributed by atoms with van der Waals surface area (Å²) in [6, 6.07) is 20.7. The summed E-state index contributed by atoms with van der Waals surface area (Å²) in [5, 5.41) is 6.80. The molecule has 0 saturated heterocycles. The monoisotopic (exact) mass is 568 g/mol. The van der Waals surface area contributed by atoms with Gasteiger partial charge in [-0.3, -0.25) is 9.36 Å². The number of thiophene rings is 1. The number of carbonyl (C=O) groups excluding carboxylic acids is 1. The average Bonchev–Trinajstić information content (AvgIpc) is 3.73. The molecule has 0 fully saturated rings. The van der Waals surface area contributed by atoms with E-state index in [0.29, 0.717) is 20.6 Å². The molecule has 1 atom stereocenters. The van der Waals surface area contributed by atoms with Crippen molar-refractivity contribution in [2.45, 2.75) is 13.0 Å². The van der Waals surface area contributed by atoms with Gasteiger partial charge in [-0.25, -0.2) is 14.5 Å². The van der Waals surface area contributed by atoms with Crippen LogP contribution in [0, 0.1) is 0 Å². The molecule has 2 aromatic carbocycles. The zero-order valence-corrected chi connectivity index (χ0v) is 23.5. The van der Waals surface area contributed by atoms with Crippen LogP contribution in [-0.2, 0) is 9.53 Å². The van der Waals surface area contributed by atoms with E-state index in [-0.39, 0.29) is 5.56 Å². The molecule has 0 amide bonds. The van der Waals surface area contributed by atoms with Crippen molar-refractivity contribution in [1.82, 2.24) is 14.3 Å². The molecule has 0 aliphatic carbocycles. The van der Waals surface area contributed by atoms with Gasteiger partial charge >= 0.3 is 5.97 Å². The fourth-order valence-electron chi connectivity index (χ4n) is 4.73. The quantitative estimate of drug-likeness (QED) is 0.285. The lowest BCUT2D eigenvalue weighted by Gasteiger charge is -2.22. The van der Waals surface area contributed by atoms with Crippen LogP contribution in [0.25, 0.3) is 23.0 Å². The summed E-state index contributed by atoms with van der Waals surface area (Å²) in [5.41, 5.74) is 3.94. The number of esters is 1. The van der Waals surface area contributed by atoms with Crippen LogP contribution in [0.1, 0.15) is 23.4 Å². The number of hydrogen-bond donors (Lipinski definition) is 0. The van der Waals surface area contributed by atoms with Gasteiger partial charge in [-0.2, -0.15) is 5.10 Å². The van der Waals surface area contributed by atoms with E-state index < -0.39 is 12.0 Å². The number of fused-ring (bicyclic) bond motifs is 1. The Hall–Kier alpha value is -4.54. The minimum Gasteiger partial charge on any atom is -0.497 e. The van der Waals surface area contributed by atoms with Crippen molar-refractivity contribution < 1.29 is 14.3 Å².